The molecule has 0 aliphatic heterocycles. The first-order valence-corrected chi connectivity index (χ1v) is 19.8. The van der Waals surface area contributed by atoms with Gasteiger partial charge in [-0.3, -0.25) is 0 Å². The molecule has 0 atom stereocenters. The molecule has 0 fully saturated rings. The zero-order valence-corrected chi connectivity index (χ0v) is 30.4. The Hall–Kier alpha value is -3.69. The maximum Gasteiger partial charge on any atom is 0.181 e. The van der Waals surface area contributed by atoms with Gasteiger partial charge in [-0.1, -0.05) is 103 Å². The normalized spacial score (nSPS) is 11.8. The van der Waals surface area contributed by atoms with Crippen LogP contribution in [-0.2, 0) is 17.3 Å². The summed E-state index contributed by atoms with van der Waals surface area (Å²) in [5.74, 6) is -1.68. The van der Waals surface area contributed by atoms with Crippen molar-refractivity contribution in [1.29, 1.82) is 10.5 Å². The second-order valence-corrected chi connectivity index (χ2v) is 19.9. The van der Waals surface area contributed by atoms with E-state index in [9.17, 15) is 15.6 Å². The van der Waals surface area contributed by atoms with Crippen molar-refractivity contribution >= 4 is 42.9 Å². The molecule has 4 rings (SSSR count). The lowest BCUT2D eigenvalue weighted by atomic mass is 9.71. The summed E-state index contributed by atoms with van der Waals surface area (Å²) in [7, 11) is 0. The first-order chi connectivity index (χ1) is 21.8. The molecule has 1 N–H and O–H groups in total. The van der Waals surface area contributed by atoms with Gasteiger partial charge in [-0.25, -0.2) is 0 Å². The van der Waals surface area contributed by atoms with Crippen LogP contribution in [0.2, 0.25) is 0 Å². The molecule has 0 amide bonds. The lowest BCUT2D eigenvalue weighted by molar-refractivity contribution is 0.435. The van der Waals surface area contributed by atoms with Gasteiger partial charge in [0, 0.05) is 5.56 Å². The molecule has 0 aliphatic carbocycles. The second-order valence-electron chi connectivity index (χ2n) is 13.9. The van der Waals surface area contributed by atoms with Crippen LogP contribution in [0.1, 0.15) is 89.5 Å². The van der Waals surface area contributed by atoms with Crippen molar-refractivity contribution in [1.82, 2.24) is 0 Å². The Balaban J connectivity index is 1.51. The van der Waals surface area contributed by atoms with Gasteiger partial charge in [0.25, 0.3) is 0 Å². The molecule has 0 saturated carbocycles. The summed E-state index contributed by atoms with van der Waals surface area (Å²) in [5, 5.41) is 34.7. The first kappa shape index (κ1) is 35.2. The lowest BCUT2D eigenvalue weighted by Crippen LogP contribution is -2.26. The van der Waals surface area contributed by atoms with E-state index >= 15 is 0 Å². The molecule has 46 heavy (non-hydrogen) atoms. The highest BCUT2D eigenvalue weighted by molar-refractivity contribution is 9.44. The van der Waals surface area contributed by atoms with E-state index in [1.807, 2.05) is 6.07 Å². The molecule has 0 saturated heterocycles. The maximum absolute atomic E-state index is 10.9. The Labute approximate surface area is 284 Å². The van der Waals surface area contributed by atoms with Gasteiger partial charge in [-0.2, -0.15) is 10.5 Å². The van der Waals surface area contributed by atoms with Gasteiger partial charge in [0.2, 0.25) is 0 Å². The highest BCUT2D eigenvalue weighted by atomic mass is 79.9. The van der Waals surface area contributed by atoms with Gasteiger partial charge in [0.15, 0.2) is 21.5 Å². The van der Waals surface area contributed by atoms with E-state index in [0.29, 0.717) is 6.42 Å². The molecule has 4 aromatic carbocycles. The fourth-order valence-corrected chi connectivity index (χ4v) is 11.1. The molecule has 0 heterocycles. The summed E-state index contributed by atoms with van der Waals surface area (Å²) in [4.78, 5) is 0. The molecule has 0 radical (unpaired) electrons. The third kappa shape index (κ3) is 7.81. The number of phenols is 1. The number of rotatable bonds is 10. The highest BCUT2D eigenvalue weighted by Gasteiger charge is 2.43. The Morgan fingerprint density at radius 3 is 1.63 bits per heavy atom. The summed E-state index contributed by atoms with van der Waals surface area (Å²) in [6.07, 6.45) is 4.47. The van der Waals surface area contributed by atoms with E-state index in [-0.39, 0.29) is 22.2 Å². The van der Waals surface area contributed by atoms with Gasteiger partial charge >= 0.3 is 0 Å². The lowest BCUT2D eigenvalue weighted by Gasteiger charge is -2.33. The average molecular weight is 693 g/mol. The molecule has 0 unspecified atom stereocenters. The minimum absolute atomic E-state index is 0.157. The predicted molar refractivity (Wildman–Crippen MR) is 200 cm³/mol. The zero-order valence-electron chi connectivity index (χ0n) is 27.9. The molecule has 0 spiro atoms. The summed E-state index contributed by atoms with van der Waals surface area (Å²) in [6.45, 7) is 12.7. The van der Waals surface area contributed by atoms with Crippen LogP contribution in [0, 0.1) is 22.7 Å². The standard InChI is InChI=1S/C41H44BrN2OP/c1-40(2,3)38-36(26-27-37(45)39(38)41(4,5)6)35(31(28-43)29-44)21-15-7-10-16-30-22-24-34(25-23-30)46(42,32-17-11-8-12-18-32)33-19-13-9-14-20-33/h8-9,11-14,17-20,22-27H,7,10,15-16,21H2,1-6H3/p+1. The minimum Gasteiger partial charge on any atom is -0.508 e. The van der Waals surface area contributed by atoms with Crippen molar-refractivity contribution in [2.24, 2.45) is 0 Å². The fraction of sp³-hybridized carbons (Fsp3) is 0.317. The SMILES string of the molecule is CC(C)(C)c1c(O)ccc(C(CCCCCc2ccc([P+](Br)(c3ccccc3)c3ccccc3)cc2)=C(C#N)C#N)c1C(C)(C)C. The summed E-state index contributed by atoms with van der Waals surface area (Å²) < 4.78 is 0. The van der Waals surface area contributed by atoms with Gasteiger partial charge in [-0.15, -0.1) is 0 Å². The Morgan fingerprint density at radius 2 is 1.15 bits per heavy atom. The Kier molecular flexibility index (Phi) is 11.3. The predicted octanol–water partition coefficient (Wildman–Crippen LogP) is 10.2. The second kappa shape index (κ2) is 14.8. The molecular weight excluding hydrogens is 647 g/mol. The monoisotopic (exact) mass is 691 g/mol. The van der Waals surface area contributed by atoms with Crippen LogP contribution < -0.4 is 15.9 Å². The van der Waals surface area contributed by atoms with Crippen molar-refractivity contribution in [3.8, 4) is 17.9 Å². The van der Waals surface area contributed by atoms with Crippen molar-refractivity contribution < 1.29 is 5.11 Å². The van der Waals surface area contributed by atoms with E-state index < -0.39 is 5.96 Å². The van der Waals surface area contributed by atoms with Crippen LogP contribution in [0.15, 0.2) is 103 Å². The number of halogens is 1. The first-order valence-electron chi connectivity index (χ1n) is 16.0. The Bertz CT molecular complexity index is 1700. The number of unbranched alkanes of at least 4 members (excludes halogenated alkanes) is 2. The number of hydrogen-bond acceptors (Lipinski definition) is 3. The molecule has 0 aliphatic rings. The van der Waals surface area contributed by atoms with Crippen molar-refractivity contribution in [2.75, 3.05) is 0 Å². The maximum atomic E-state index is 10.9. The third-order valence-electron chi connectivity index (χ3n) is 8.44. The zero-order chi connectivity index (χ0) is 33.5. The van der Waals surface area contributed by atoms with Gasteiger partial charge in [-0.05, 0) is 101 Å². The van der Waals surface area contributed by atoms with E-state index in [2.05, 4.69) is 154 Å². The summed E-state index contributed by atoms with van der Waals surface area (Å²) >= 11 is 4.25. The van der Waals surface area contributed by atoms with Crippen LogP contribution in [0.5, 0.6) is 5.75 Å². The number of aryl methyl sites for hydroxylation is 1. The van der Waals surface area contributed by atoms with Crippen LogP contribution >= 0.6 is 21.5 Å². The number of benzene rings is 4. The quantitative estimate of drug-likeness (QED) is 0.102. The number of phenolic OH excluding ortho intramolecular Hbond substituents is 1. The van der Waals surface area contributed by atoms with Crippen molar-refractivity contribution in [2.45, 2.75) is 84.5 Å². The van der Waals surface area contributed by atoms with Gasteiger partial charge in [0.05, 0.1) is 0 Å². The molecule has 0 bridgehead atoms. The van der Waals surface area contributed by atoms with Crippen molar-refractivity contribution in [3.63, 3.8) is 0 Å². The van der Waals surface area contributed by atoms with E-state index in [0.717, 1.165) is 47.9 Å². The average Bonchev–Trinajstić information content (AvgIpc) is 3.04. The van der Waals surface area contributed by atoms with Crippen LogP contribution in [0.4, 0.5) is 0 Å². The molecular formula is C41H45BrN2OP+. The molecule has 3 nitrogen and oxygen atoms in total. The molecule has 236 valence electrons. The van der Waals surface area contributed by atoms with Gasteiger partial charge in [0.1, 0.15) is 39.4 Å². The number of allylic oxidation sites excluding steroid dienone is 2. The molecule has 5 heteroatoms. The number of aromatic hydroxyl groups is 1. The third-order valence-corrected chi connectivity index (χ3v) is 15.2. The largest absolute Gasteiger partial charge is 0.508 e. The molecule has 0 aromatic heterocycles. The fourth-order valence-electron chi connectivity index (χ4n) is 6.33. The molecule has 4 aromatic rings. The van der Waals surface area contributed by atoms with Crippen LogP contribution in [-0.4, -0.2) is 5.11 Å². The highest BCUT2D eigenvalue weighted by Crippen LogP contribution is 2.62. The van der Waals surface area contributed by atoms with Crippen LogP contribution in [0.3, 0.4) is 0 Å². The minimum atomic E-state index is -1.93. The van der Waals surface area contributed by atoms with Crippen molar-refractivity contribution in [3.05, 3.63) is 125 Å². The van der Waals surface area contributed by atoms with Gasteiger partial charge < -0.3 is 5.11 Å². The number of nitrogens with zero attached hydrogens (tertiary/aromatic N) is 2. The summed E-state index contributed by atoms with van der Waals surface area (Å²) in [6, 6.07) is 38.4. The topological polar surface area (TPSA) is 67.8 Å². The number of hydrogen-bond donors (Lipinski definition) is 1. The van der Waals surface area contributed by atoms with E-state index in [4.69, 9.17) is 0 Å². The summed E-state index contributed by atoms with van der Waals surface area (Å²) in [5.41, 5.74) is 4.44. The number of nitriles is 2. The Morgan fingerprint density at radius 1 is 0.652 bits per heavy atom. The van der Waals surface area contributed by atoms with Crippen LogP contribution in [0.25, 0.3) is 5.57 Å². The van der Waals surface area contributed by atoms with E-state index in [1.165, 1.54) is 21.5 Å². The van der Waals surface area contributed by atoms with E-state index in [1.54, 1.807) is 6.07 Å². The smallest absolute Gasteiger partial charge is 0.181 e.